The molecule has 5 heteroatoms. The first-order chi connectivity index (χ1) is 11.4. The second kappa shape index (κ2) is 4.90. The van der Waals surface area contributed by atoms with Gasteiger partial charge in [-0.15, -0.1) is 0 Å². The second-order valence-corrected chi connectivity index (χ2v) is 6.81. The van der Waals surface area contributed by atoms with Crippen LogP contribution >= 0.6 is 0 Å². The lowest BCUT2D eigenvalue weighted by Crippen LogP contribution is -2.33. The van der Waals surface area contributed by atoms with E-state index < -0.39 is 5.97 Å². The minimum absolute atomic E-state index is 0.0183. The maximum atomic E-state index is 12.9. The number of carboxylic acids is 1. The number of aromatic carboxylic acids is 1. The van der Waals surface area contributed by atoms with Crippen molar-refractivity contribution in [1.82, 2.24) is 0 Å². The van der Waals surface area contributed by atoms with Crippen LogP contribution in [0.25, 0.3) is 0 Å². The number of carboxylic acid groups (broad SMARTS) is 1. The first kappa shape index (κ1) is 14.9. The molecule has 122 valence electrons. The van der Waals surface area contributed by atoms with Crippen LogP contribution in [0, 0.1) is 23.7 Å². The number of carbonyl (C=O) groups excluding carboxylic acids is 2. The minimum atomic E-state index is -1.03. The van der Waals surface area contributed by atoms with Crippen LogP contribution < -0.4 is 4.90 Å². The van der Waals surface area contributed by atoms with Gasteiger partial charge in [-0.1, -0.05) is 23.3 Å². The van der Waals surface area contributed by atoms with E-state index in [0.717, 1.165) is 0 Å². The third-order valence-electron chi connectivity index (χ3n) is 5.37. The van der Waals surface area contributed by atoms with Gasteiger partial charge in [-0.3, -0.25) is 9.59 Å². The van der Waals surface area contributed by atoms with E-state index in [1.165, 1.54) is 40.3 Å². The van der Waals surface area contributed by atoms with Gasteiger partial charge in [0.25, 0.3) is 0 Å². The van der Waals surface area contributed by atoms with Crippen molar-refractivity contribution >= 4 is 23.5 Å². The van der Waals surface area contributed by atoms with E-state index in [4.69, 9.17) is 5.11 Å². The predicted octanol–water partition coefficient (Wildman–Crippen LogP) is 2.64. The van der Waals surface area contributed by atoms with Gasteiger partial charge in [0.2, 0.25) is 11.8 Å². The fourth-order valence-electron chi connectivity index (χ4n) is 4.44. The molecule has 24 heavy (non-hydrogen) atoms. The summed E-state index contributed by atoms with van der Waals surface area (Å²) >= 11 is 0. The lowest BCUT2D eigenvalue weighted by atomic mass is 9.85. The molecule has 1 N–H and O–H groups in total. The zero-order valence-corrected chi connectivity index (χ0v) is 13.4. The van der Waals surface area contributed by atoms with Crippen LogP contribution in [0.4, 0.5) is 5.69 Å². The molecule has 0 spiro atoms. The SMILES string of the molecule is CC(C)=C1[C@H]2C=C[C@H]1[C@H]1C(=O)N(c3ccc(C(=O)O)cc3)C(=O)[C@@H]12. The molecule has 5 nitrogen and oxygen atoms in total. The summed E-state index contributed by atoms with van der Waals surface area (Å²) in [6.07, 6.45) is 4.10. The van der Waals surface area contributed by atoms with Crippen LogP contribution in [0.15, 0.2) is 47.6 Å². The number of nitrogens with zero attached hydrogens (tertiary/aromatic N) is 1. The van der Waals surface area contributed by atoms with Crippen molar-refractivity contribution in [3.8, 4) is 0 Å². The van der Waals surface area contributed by atoms with Crippen molar-refractivity contribution in [3.05, 3.63) is 53.1 Å². The van der Waals surface area contributed by atoms with Gasteiger partial charge in [0, 0.05) is 11.8 Å². The second-order valence-electron chi connectivity index (χ2n) is 6.81. The predicted molar refractivity (Wildman–Crippen MR) is 87.4 cm³/mol. The molecule has 1 aromatic carbocycles. The Hall–Kier alpha value is -2.69. The van der Waals surface area contributed by atoms with Crippen molar-refractivity contribution in [3.63, 3.8) is 0 Å². The molecule has 2 fully saturated rings. The molecule has 4 atom stereocenters. The molecule has 2 bridgehead atoms. The van der Waals surface area contributed by atoms with E-state index in [1.54, 1.807) is 0 Å². The molecule has 2 aliphatic carbocycles. The molecule has 1 saturated heterocycles. The number of imide groups is 1. The van der Waals surface area contributed by atoms with E-state index in [0.29, 0.717) is 5.69 Å². The summed E-state index contributed by atoms with van der Waals surface area (Å²) < 4.78 is 0. The monoisotopic (exact) mass is 323 g/mol. The molecule has 1 heterocycles. The Morgan fingerprint density at radius 1 is 0.958 bits per heavy atom. The van der Waals surface area contributed by atoms with Crippen LogP contribution in [0.2, 0.25) is 0 Å². The van der Waals surface area contributed by atoms with E-state index in [9.17, 15) is 14.4 Å². The van der Waals surface area contributed by atoms with Gasteiger partial charge in [-0.05, 0) is 38.1 Å². The Bertz CT molecular complexity index is 795. The van der Waals surface area contributed by atoms with Gasteiger partial charge in [-0.2, -0.15) is 0 Å². The zero-order chi connectivity index (χ0) is 17.2. The average Bonchev–Trinajstić information content (AvgIpc) is 3.18. The number of rotatable bonds is 2. The maximum absolute atomic E-state index is 12.9. The Kier molecular flexibility index (Phi) is 3.04. The van der Waals surface area contributed by atoms with Crippen LogP contribution in [0.5, 0.6) is 0 Å². The van der Waals surface area contributed by atoms with Gasteiger partial charge in [-0.25, -0.2) is 9.69 Å². The topological polar surface area (TPSA) is 74.7 Å². The summed E-state index contributed by atoms with van der Waals surface area (Å²) in [4.78, 5) is 38.0. The number of allylic oxidation sites excluding steroid dienone is 4. The van der Waals surface area contributed by atoms with Crippen molar-refractivity contribution in [2.75, 3.05) is 4.90 Å². The number of benzene rings is 1. The summed E-state index contributed by atoms with van der Waals surface area (Å²) in [6.45, 7) is 4.06. The molecular formula is C19H17NO4. The molecule has 2 amide bonds. The Labute approximate surface area is 139 Å². The molecule has 3 aliphatic rings. The Morgan fingerprint density at radius 3 is 1.88 bits per heavy atom. The number of amides is 2. The number of fused-ring (bicyclic) bond motifs is 5. The molecule has 0 radical (unpaired) electrons. The highest BCUT2D eigenvalue weighted by molar-refractivity contribution is 6.23. The van der Waals surface area contributed by atoms with Gasteiger partial charge < -0.3 is 5.11 Å². The van der Waals surface area contributed by atoms with Gasteiger partial charge in [0.05, 0.1) is 23.1 Å². The number of carbonyl (C=O) groups is 3. The third kappa shape index (κ3) is 1.78. The van der Waals surface area contributed by atoms with Crippen molar-refractivity contribution < 1.29 is 19.5 Å². The summed E-state index contributed by atoms with van der Waals surface area (Å²) in [7, 11) is 0. The van der Waals surface area contributed by atoms with Crippen LogP contribution in [0.1, 0.15) is 24.2 Å². The fraction of sp³-hybridized carbons (Fsp3) is 0.316. The summed E-state index contributed by atoms with van der Waals surface area (Å²) in [5, 5.41) is 8.97. The van der Waals surface area contributed by atoms with E-state index in [1.807, 2.05) is 13.8 Å². The third-order valence-corrected chi connectivity index (χ3v) is 5.37. The number of hydrogen-bond acceptors (Lipinski definition) is 3. The molecule has 4 rings (SSSR count). The van der Waals surface area contributed by atoms with Crippen LogP contribution in [-0.4, -0.2) is 22.9 Å². The lowest BCUT2D eigenvalue weighted by Gasteiger charge is -2.19. The Morgan fingerprint density at radius 2 is 1.46 bits per heavy atom. The highest BCUT2D eigenvalue weighted by atomic mass is 16.4. The van der Waals surface area contributed by atoms with E-state index >= 15 is 0 Å². The molecule has 1 saturated carbocycles. The van der Waals surface area contributed by atoms with E-state index in [2.05, 4.69) is 12.2 Å². The summed E-state index contributed by atoms with van der Waals surface area (Å²) in [5.74, 6) is -2.00. The summed E-state index contributed by atoms with van der Waals surface area (Å²) in [6, 6.07) is 5.89. The highest BCUT2D eigenvalue weighted by Gasteiger charge is 2.61. The number of hydrogen-bond donors (Lipinski definition) is 1. The average molecular weight is 323 g/mol. The van der Waals surface area contributed by atoms with Crippen LogP contribution in [0.3, 0.4) is 0 Å². The van der Waals surface area contributed by atoms with Gasteiger partial charge in [0.15, 0.2) is 0 Å². The highest BCUT2D eigenvalue weighted by Crippen LogP contribution is 2.57. The quantitative estimate of drug-likeness (QED) is 0.670. The van der Waals surface area contributed by atoms with Crippen LogP contribution in [-0.2, 0) is 9.59 Å². The first-order valence-electron chi connectivity index (χ1n) is 7.98. The summed E-state index contributed by atoms with van der Waals surface area (Å²) in [5.41, 5.74) is 2.98. The molecule has 0 unspecified atom stereocenters. The fourth-order valence-corrected chi connectivity index (χ4v) is 4.44. The molecule has 1 aromatic rings. The minimum Gasteiger partial charge on any atom is -0.478 e. The molecular weight excluding hydrogens is 306 g/mol. The van der Waals surface area contributed by atoms with Gasteiger partial charge >= 0.3 is 5.97 Å². The van der Waals surface area contributed by atoms with Gasteiger partial charge in [0.1, 0.15) is 0 Å². The maximum Gasteiger partial charge on any atom is 0.335 e. The Balaban J connectivity index is 1.71. The number of anilines is 1. The standard InChI is InChI=1S/C19H17NO4/c1-9(2)14-12-7-8-13(14)16-15(12)17(21)20(18(16)22)11-5-3-10(4-6-11)19(23)24/h3-8,12-13,15-16H,1-2H3,(H,23,24)/t12-,13-,15-,16-/m1/s1. The molecule has 1 aliphatic heterocycles. The normalized spacial score (nSPS) is 30.2. The lowest BCUT2D eigenvalue weighted by molar-refractivity contribution is -0.122. The molecule has 0 aromatic heterocycles. The first-order valence-corrected chi connectivity index (χ1v) is 7.98. The zero-order valence-electron chi connectivity index (χ0n) is 13.4. The van der Waals surface area contributed by atoms with Crippen molar-refractivity contribution in [2.24, 2.45) is 23.7 Å². The largest absolute Gasteiger partial charge is 0.478 e. The van der Waals surface area contributed by atoms with Crippen molar-refractivity contribution in [2.45, 2.75) is 13.8 Å². The smallest absolute Gasteiger partial charge is 0.335 e. The van der Waals surface area contributed by atoms with Crippen molar-refractivity contribution in [1.29, 1.82) is 0 Å². The van der Waals surface area contributed by atoms with E-state index in [-0.39, 0.29) is 41.0 Å².